The number of imidazole rings is 1. The normalized spacial score (nSPS) is 11.7. The van der Waals surface area contributed by atoms with E-state index in [1.165, 1.54) is 7.11 Å². The van der Waals surface area contributed by atoms with Crippen molar-refractivity contribution < 1.29 is 4.74 Å². The van der Waals surface area contributed by atoms with E-state index in [1.807, 2.05) is 83.2 Å². The third-order valence-corrected chi connectivity index (χ3v) is 6.55. The summed E-state index contributed by atoms with van der Waals surface area (Å²) in [5.41, 5.74) is 14.1. The van der Waals surface area contributed by atoms with Gasteiger partial charge in [0.1, 0.15) is 0 Å². The smallest absolute Gasteiger partial charge is 0.236 e. The van der Waals surface area contributed by atoms with Gasteiger partial charge < -0.3 is 15.0 Å². The maximum absolute atomic E-state index is 9.54. The highest BCUT2D eigenvalue weighted by molar-refractivity contribution is 6.04. The topological polar surface area (TPSA) is 120 Å². The number of nitrogens with zero attached hydrogens (tertiary/aromatic N) is 7. The predicted molar refractivity (Wildman–Crippen MR) is 146 cm³/mol. The Hall–Kier alpha value is -5.49. The van der Waals surface area contributed by atoms with E-state index in [2.05, 4.69) is 26.0 Å². The monoisotopic (exact) mass is 498 g/mol. The fourth-order valence-corrected chi connectivity index (χ4v) is 4.74. The van der Waals surface area contributed by atoms with E-state index in [9.17, 15) is 5.26 Å². The molecule has 38 heavy (non-hydrogen) atoms. The number of methoxy groups -OCH3 is 1. The molecule has 4 aromatic heterocycles. The molecule has 6 aromatic rings. The maximum Gasteiger partial charge on any atom is 0.236 e. The Labute approximate surface area is 217 Å². The third kappa shape index (κ3) is 3.72. The van der Waals surface area contributed by atoms with Gasteiger partial charge in [0.2, 0.25) is 17.7 Å². The molecule has 9 heteroatoms. The summed E-state index contributed by atoms with van der Waals surface area (Å²) in [6.45, 7) is 0. The number of nitriles is 1. The zero-order chi connectivity index (χ0) is 26.2. The molecule has 9 nitrogen and oxygen atoms in total. The Morgan fingerprint density at radius 2 is 1.71 bits per heavy atom. The molecule has 0 fully saturated rings. The van der Waals surface area contributed by atoms with Gasteiger partial charge in [0, 0.05) is 36.0 Å². The summed E-state index contributed by atoms with van der Waals surface area (Å²) >= 11 is 0. The molecular weight excluding hydrogens is 476 g/mol. The molecule has 2 aromatic carbocycles. The molecule has 0 bridgehead atoms. The Morgan fingerprint density at radius 3 is 2.47 bits per heavy atom. The van der Waals surface area contributed by atoms with Crippen molar-refractivity contribution in [3.8, 4) is 40.0 Å². The minimum Gasteiger partial charge on any atom is -0.480 e. The highest BCUT2D eigenvalue weighted by atomic mass is 16.5. The summed E-state index contributed by atoms with van der Waals surface area (Å²) < 4.78 is 9.03. The van der Waals surface area contributed by atoms with Gasteiger partial charge in [-0.2, -0.15) is 5.26 Å². The van der Waals surface area contributed by atoms with E-state index in [0.29, 0.717) is 17.2 Å². The largest absolute Gasteiger partial charge is 0.480 e. The first-order chi connectivity index (χ1) is 18.6. The van der Waals surface area contributed by atoms with E-state index < -0.39 is 0 Å². The lowest BCUT2D eigenvalue weighted by Gasteiger charge is -2.10. The van der Waals surface area contributed by atoms with Gasteiger partial charge in [0.15, 0.2) is 0 Å². The van der Waals surface area contributed by atoms with Crippen LogP contribution in [0.5, 0.6) is 5.88 Å². The molecule has 184 valence electrons. The van der Waals surface area contributed by atoms with Crippen molar-refractivity contribution in [2.24, 2.45) is 12.0 Å². The number of nitrogen functional groups attached to an aromatic ring is 1. The van der Waals surface area contributed by atoms with Crippen LogP contribution in [0.15, 0.2) is 90.4 Å². The van der Waals surface area contributed by atoms with Crippen molar-refractivity contribution in [1.82, 2.24) is 24.1 Å². The number of hydrogen-bond acceptors (Lipinski definition) is 7. The van der Waals surface area contributed by atoms with Crippen LogP contribution in [0.1, 0.15) is 0 Å². The summed E-state index contributed by atoms with van der Waals surface area (Å²) in [4.78, 5) is 17.7. The Morgan fingerprint density at radius 1 is 0.895 bits per heavy atom. The van der Waals surface area contributed by atoms with E-state index in [4.69, 9.17) is 10.5 Å². The minimum absolute atomic E-state index is 0.382. The lowest BCUT2D eigenvalue weighted by atomic mass is 10.0. The minimum atomic E-state index is 0.382. The molecule has 0 saturated carbocycles. The number of ether oxygens (including phenoxy) is 1. The van der Waals surface area contributed by atoms with Crippen LogP contribution in [-0.2, 0) is 7.05 Å². The zero-order valence-electron chi connectivity index (χ0n) is 20.7. The average Bonchev–Trinajstić information content (AvgIpc) is 3.25. The second-order valence-electron chi connectivity index (χ2n) is 8.75. The summed E-state index contributed by atoms with van der Waals surface area (Å²) in [7, 11) is 3.41. The summed E-state index contributed by atoms with van der Waals surface area (Å²) in [6, 6.07) is 19.9. The molecule has 0 aliphatic heterocycles. The first-order valence-electron chi connectivity index (χ1n) is 11.8. The van der Waals surface area contributed by atoms with Gasteiger partial charge in [-0.05, 0) is 35.4 Å². The first kappa shape index (κ1) is 22.9. The Kier molecular flexibility index (Phi) is 5.55. The molecule has 0 spiro atoms. The fraction of sp³-hybridized carbons (Fsp3) is 0.0690. The van der Waals surface area contributed by atoms with Gasteiger partial charge >= 0.3 is 0 Å². The summed E-state index contributed by atoms with van der Waals surface area (Å²) in [5.74, 6) is 0.382. The number of fused-ring (bicyclic) bond motifs is 3. The molecule has 0 saturated heterocycles. The molecule has 0 amide bonds. The van der Waals surface area contributed by atoms with E-state index >= 15 is 0 Å². The van der Waals surface area contributed by atoms with Gasteiger partial charge in [0.25, 0.3) is 0 Å². The molecule has 4 heterocycles. The van der Waals surface area contributed by atoms with Crippen molar-refractivity contribution in [3.63, 3.8) is 0 Å². The molecule has 0 atom stereocenters. The van der Waals surface area contributed by atoms with Gasteiger partial charge in [-0.1, -0.05) is 36.4 Å². The predicted octanol–water partition coefficient (Wildman–Crippen LogP) is 4.61. The van der Waals surface area contributed by atoms with Crippen molar-refractivity contribution >= 4 is 27.6 Å². The highest BCUT2D eigenvalue weighted by Gasteiger charge is 2.17. The van der Waals surface area contributed by atoms with E-state index in [-0.39, 0.29) is 0 Å². The average molecular weight is 499 g/mol. The van der Waals surface area contributed by atoms with Crippen LogP contribution in [0.3, 0.4) is 0 Å². The number of rotatable bonds is 4. The van der Waals surface area contributed by atoms with Crippen LogP contribution in [0.2, 0.25) is 0 Å². The van der Waals surface area contributed by atoms with Crippen LogP contribution < -0.4 is 16.1 Å². The lowest BCUT2D eigenvalue weighted by Crippen LogP contribution is -2.23. The zero-order valence-corrected chi connectivity index (χ0v) is 20.7. The molecule has 2 N–H and O–H groups in total. The lowest BCUT2D eigenvalue weighted by molar-refractivity contribution is 0.400. The van der Waals surface area contributed by atoms with Crippen LogP contribution >= 0.6 is 0 Å². The van der Waals surface area contributed by atoms with Crippen molar-refractivity contribution in [2.75, 3.05) is 12.8 Å². The van der Waals surface area contributed by atoms with Crippen LogP contribution in [0.4, 0.5) is 5.69 Å². The number of nitrogens with two attached hydrogens (primary N) is 1. The molecule has 0 radical (unpaired) electrons. The van der Waals surface area contributed by atoms with Gasteiger partial charge in [0.05, 0.1) is 47.4 Å². The third-order valence-electron chi connectivity index (χ3n) is 6.55. The summed E-state index contributed by atoms with van der Waals surface area (Å²) in [5, 5.41) is 10.4. The highest BCUT2D eigenvalue weighted by Crippen LogP contribution is 2.32. The van der Waals surface area contributed by atoms with Gasteiger partial charge in [-0.25, -0.2) is 4.98 Å². The van der Waals surface area contributed by atoms with E-state index in [1.54, 1.807) is 18.6 Å². The Balaban J connectivity index is 1.66. The van der Waals surface area contributed by atoms with Gasteiger partial charge in [-0.15, -0.1) is 4.99 Å². The molecule has 6 rings (SSSR count). The number of pyridine rings is 3. The summed E-state index contributed by atoms with van der Waals surface area (Å²) in [6.07, 6.45) is 9.07. The van der Waals surface area contributed by atoms with E-state index in [0.717, 1.165) is 49.9 Å². The van der Waals surface area contributed by atoms with Crippen LogP contribution in [0, 0.1) is 11.5 Å². The number of hydrogen-bond donors (Lipinski definition) is 1. The number of aromatic nitrogens is 5. The second-order valence-corrected chi connectivity index (χ2v) is 8.75. The maximum atomic E-state index is 9.54. The Bertz CT molecular complexity index is 1950. The van der Waals surface area contributed by atoms with Crippen molar-refractivity contribution in [2.45, 2.75) is 0 Å². The van der Waals surface area contributed by atoms with Gasteiger partial charge in [-0.3, -0.25) is 14.5 Å². The molecule has 0 aliphatic carbocycles. The molecule has 0 aliphatic rings. The van der Waals surface area contributed by atoms with Crippen molar-refractivity contribution in [1.29, 1.82) is 5.26 Å². The fourth-order valence-electron chi connectivity index (χ4n) is 4.74. The second kappa shape index (κ2) is 9.19. The number of benzene rings is 2. The van der Waals surface area contributed by atoms with Crippen LogP contribution in [0.25, 0.3) is 49.9 Å². The molecular formula is C29H22N8O. The number of aryl methyl sites for hydroxylation is 1. The molecule has 0 unspecified atom stereocenters. The quantitative estimate of drug-likeness (QED) is 0.354. The standard InChI is InChI=1S/C29H22N8O/c1-36-26-16-33-25-9-8-19(21-12-24(31)28(38-2)34-14-21)11-23(25)27(26)37(29(36)35-17-30)22-10-20(13-32-15-22)18-6-4-3-5-7-18/h3-16H,31H2,1-2H3. The van der Waals surface area contributed by atoms with Crippen molar-refractivity contribution in [3.05, 3.63) is 91.1 Å². The van der Waals surface area contributed by atoms with Crippen LogP contribution in [-0.4, -0.2) is 31.2 Å². The first-order valence-corrected chi connectivity index (χ1v) is 11.8. The SMILES string of the molecule is COc1ncc(-c2ccc3ncc4c(c3c2)n(-c2cncc(-c3ccccc3)c2)c(=NC#N)n4C)cc1N. The number of anilines is 1.